The number of Topliss-reactive ketones (excluding diaryl/α,β-unsaturated/α-hetero) is 1. The summed E-state index contributed by atoms with van der Waals surface area (Å²) in [7, 11) is 0. The molecule has 8 heteroatoms. The number of fused-ring (bicyclic) bond motifs is 6. The highest BCUT2D eigenvalue weighted by molar-refractivity contribution is 5.88. The summed E-state index contributed by atoms with van der Waals surface area (Å²) in [5.74, 6) is -0.139. The summed E-state index contributed by atoms with van der Waals surface area (Å²) in [6.07, 6.45) is 11.3. The SMILES string of the molecule is CC12Cc3cnn(-c4ccc(F)cc4)c3C=C1CCC1C2C(O)CC2(C)C1CC[C@]2(O)C(=O)Cn1cc(-c2ccccc2)cn1. The zero-order valence-electron chi connectivity index (χ0n) is 25.7. The zero-order chi connectivity index (χ0) is 31.1. The highest BCUT2D eigenvalue weighted by Gasteiger charge is 2.68. The summed E-state index contributed by atoms with van der Waals surface area (Å²) in [5.41, 5.74) is 3.76. The first kappa shape index (κ1) is 28.6. The van der Waals surface area contributed by atoms with Gasteiger partial charge in [0.15, 0.2) is 5.78 Å². The van der Waals surface area contributed by atoms with Crippen LogP contribution in [-0.4, -0.2) is 47.3 Å². The lowest BCUT2D eigenvalue weighted by atomic mass is 9.45. The predicted octanol–water partition coefficient (Wildman–Crippen LogP) is 6.03. The molecule has 2 aromatic heterocycles. The highest BCUT2D eigenvalue weighted by atomic mass is 19.1. The average molecular weight is 607 g/mol. The van der Waals surface area contributed by atoms with Crippen LogP contribution in [0.1, 0.15) is 57.2 Å². The summed E-state index contributed by atoms with van der Waals surface area (Å²) in [6, 6.07) is 16.3. The maximum absolute atomic E-state index is 13.9. The number of halogens is 1. The molecule has 0 aliphatic heterocycles. The number of nitrogens with zero attached hydrogens (tertiary/aromatic N) is 4. The first-order chi connectivity index (χ1) is 21.6. The normalized spacial score (nSPS) is 33.5. The van der Waals surface area contributed by atoms with Gasteiger partial charge in [0.2, 0.25) is 0 Å². The van der Waals surface area contributed by atoms with Crippen LogP contribution in [0.2, 0.25) is 0 Å². The van der Waals surface area contributed by atoms with Gasteiger partial charge in [0.1, 0.15) is 18.0 Å². The van der Waals surface area contributed by atoms with Gasteiger partial charge in [0.05, 0.1) is 29.9 Å². The van der Waals surface area contributed by atoms with Crippen molar-refractivity contribution in [2.45, 2.75) is 70.6 Å². The molecule has 6 unspecified atom stereocenters. The number of carbonyl (C=O) groups excluding carboxylic acids is 1. The Morgan fingerprint density at radius 2 is 1.80 bits per heavy atom. The molecule has 4 aliphatic carbocycles. The number of hydrogen-bond acceptors (Lipinski definition) is 5. The summed E-state index contributed by atoms with van der Waals surface area (Å²) in [6.45, 7) is 4.33. The average Bonchev–Trinajstić information content (AvgIpc) is 3.73. The van der Waals surface area contributed by atoms with Gasteiger partial charge in [-0.2, -0.15) is 10.2 Å². The molecule has 3 fully saturated rings. The minimum Gasteiger partial charge on any atom is -0.393 e. The van der Waals surface area contributed by atoms with Gasteiger partial charge in [0.25, 0.3) is 0 Å². The Hall–Kier alpha value is -3.88. The second kappa shape index (κ2) is 10.1. The van der Waals surface area contributed by atoms with Crippen LogP contribution in [0.15, 0.2) is 78.8 Å². The molecule has 0 radical (unpaired) electrons. The van der Waals surface area contributed by atoms with Crippen molar-refractivity contribution in [1.82, 2.24) is 19.6 Å². The Morgan fingerprint density at radius 1 is 1.02 bits per heavy atom. The van der Waals surface area contributed by atoms with Crippen LogP contribution in [0.25, 0.3) is 22.9 Å². The molecule has 2 heterocycles. The Morgan fingerprint density at radius 3 is 2.58 bits per heavy atom. The van der Waals surface area contributed by atoms with E-state index in [-0.39, 0.29) is 41.3 Å². The number of hydrogen-bond donors (Lipinski definition) is 2. The monoisotopic (exact) mass is 606 g/mol. The Bertz CT molecular complexity index is 1810. The molecule has 8 rings (SSSR count). The fourth-order valence-corrected chi connectivity index (χ4v) is 9.94. The quantitative estimate of drug-likeness (QED) is 0.290. The third-order valence-electron chi connectivity index (χ3n) is 12.2. The molecule has 0 saturated heterocycles. The van der Waals surface area contributed by atoms with E-state index in [9.17, 15) is 19.4 Å². The number of aromatic nitrogens is 4. The minimum absolute atomic E-state index is 0.00125. The lowest BCUT2D eigenvalue weighted by molar-refractivity contribution is -0.180. The molecule has 0 bridgehead atoms. The molecule has 7 nitrogen and oxygen atoms in total. The molecule has 0 spiro atoms. The van der Waals surface area contributed by atoms with E-state index in [0.717, 1.165) is 53.8 Å². The van der Waals surface area contributed by atoms with E-state index in [1.54, 1.807) is 23.0 Å². The molecule has 2 aromatic carbocycles. The second-order valence-electron chi connectivity index (χ2n) is 14.3. The van der Waals surface area contributed by atoms with Gasteiger partial charge in [-0.1, -0.05) is 49.8 Å². The van der Waals surface area contributed by atoms with Crippen molar-refractivity contribution in [3.05, 3.63) is 95.8 Å². The predicted molar refractivity (Wildman–Crippen MR) is 169 cm³/mol. The van der Waals surface area contributed by atoms with Crippen LogP contribution in [0.5, 0.6) is 0 Å². The smallest absolute Gasteiger partial charge is 0.186 e. The molecule has 45 heavy (non-hydrogen) atoms. The van der Waals surface area contributed by atoms with Crippen LogP contribution >= 0.6 is 0 Å². The largest absolute Gasteiger partial charge is 0.393 e. The number of ketones is 1. The van der Waals surface area contributed by atoms with Gasteiger partial charge < -0.3 is 10.2 Å². The van der Waals surface area contributed by atoms with Crippen molar-refractivity contribution >= 4 is 11.9 Å². The van der Waals surface area contributed by atoms with Crippen LogP contribution in [0, 0.1) is 34.4 Å². The fraction of sp³-hybridized carbons (Fsp3) is 0.432. The molecule has 0 amide bonds. The number of aliphatic hydroxyl groups excluding tert-OH is 1. The standard InChI is InChI=1S/C37H39FN4O3/c1-35-17-24-19-40-42(28-11-9-27(38)10-12-28)31(24)16-26(35)8-13-29-30-14-15-37(45,36(30,2)18-32(43)34(29)35)33(44)22-41-21-25(20-39-41)23-6-4-3-5-7-23/h3-7,9-12,16,19-21,29-30,32,34,43,45H,8,13-15,17-18,22H2,1-2H3/t29?,30?,32?,34?,35?,36?,37-/m0/s1. The van der Waals surface area contributed by atoms with E-state index >= 15 is 0 Å². The molecule has 232 valence electrons. The Labute approximate surface area is 262 Å². The van der Waals surface area contributed by atoms with Crippen molar-refractivity contribution in [3.8, 4) is 16.8 Å². The fourth-order valence-electron chi connectivity index (χ4n) is 9.94. The van der Waals surface area contributed by atoms with Gasteiger partial charge in [-0.3, -0.25) is 9.48 Å². The van der Waals surface area contributed by atoms with Crippen LogP contribution in [0.3, 0.4) is 0 Å². The maximum Gasteiger partial charge on any atom is 0.186 e. The summed E-state index contributed by atoms with van der Waals surface area (Å²) in [4.78, 5) is 13.9. The third kappa shape index (κ3) is 4.18. The van der Waals surface area contributed by atoms with E-state index < -0.39 is 17.1 Å². The number of benzene rings is 2. The van der Waals surface area contributed by atoms with Crippen molar-refractivity contribution in [2.24, 2.45) is 28.6 Å². The van der Waals surface area contributed by atoms with Gasteiger partial charge >= 0.3 is 0 Å². The van der Waals surface area contributed by atoms with Crippen molar-refractivity contribution in [2.75, 3.05) is 0 Å². The summed E-state index contributed by atoms with van der Waals surface area (Å²) in [5, 5.41) is 33.3. The van der Waals surface area contributed by atoms with Gasteiger partial charge in [-0.25, -0.2) is 9.07 Å². The van der Waals surface area contributed by atoms with E-state index in [0.29, 0.717) is 12.8 Å². The highest BCUT2D eigenvalue weighted by Crippen LogP contribution is 2.67. The molecule has 7 atom stereocenters. The van der Waals surface area contributed by atoms with Crippen molar-refractivity contribution < 1.29 is 19.4 Å². The van der Waals surface area contributed by atoms with Gasteiger partial charge in [0, 0.05) is 17.2 Å². The van der Waals surface area contributed by atoms with Crippen LogP contribution in [0.4, 0.5) is 4.39 Å². The van der Waals surface area contributed by atoms with E-state index in [4.69, 9.17) is 0 Å². The Balaban J connectivity index is 1.06. The molecule has 3 saturated carbocycles. The topological polar surface area (TPSA) is 93.2 Å². The van der Waals surface area contributed by atoms with Crippen molar-refractivity contribution in [3.63, 3.8) is 0 Å². The number of aliphatic hydroxyl groups is 2. The summed E-state index contributed by atoms with van der Waals surface area (Å²) < 4.78 is 17.1. The van der Waals surface area contributed by atoms with Gasteiger partial charge in [-0.05, 0) is 103 Å². The molecule has 4 aromatic rings. The molecule has 4 aliphatic rings. The first-order valence-electron chi connectivity index (χ1n) is 16.2. The zero-order valence-corrected chi connectivity index (χ0v) is 25.7. The third-order valence-corrected chi connectivity index (χ3v) is 12.2. The summed E-state index contributed by atoms with van der Waals surface area (Å²) >= 11 is 0. The lowest BCUT2D eigenvalue weighted by Crippen LogP contribution is -2.62. The second-order valence-corrected chi connectivity index (χ2v) is 14.3. The Kier molecular flexibility index (Phi) is 6.39. The van der Waals surface area contributed by atoms with Gasteiger partial charge in [-0.15, -0.1) is 0 Å². The maximum atomic E-state index is 13.9. The van der Waals surface area contributed by atoms with Crippen molar-refractivity contribution in [1.29, 1.82) is 0 Å². The van der Waals surface area contributed by atoms with Crippen LogP contribution in [-0.2, 0) is 17.8 Å². The molecular weight excluding hydrogens is 567 g/mol. The number of carbonyl (C=O) groups is 1. The number of rotatable bonds is 5. The van der Waals surface area contributed by atoms with Crippen LogP contribution < -0.4 is 0 Å². The number of allylic oxidation sites excluding steroid dienone is 1. The van der Waals surface area contributed by atoms with E-state index in [1.807, 2.05) is 54.3 Å². The van der Waals surface area contributed by atoms with E-state index in [1.165, 1.54) is 17.7 Å². The molecule has 2 N–H and O–H groups in total. The first-order valence-corrected chi connectivity index (χ1v) is 16.2. The minimum atomic E-state index is -1.52. The molecular formula is C37H39FN4O3. The lowest BCUT2D eigenvalue weighted by Gasteiger charge is -2.60. The van der Waals surface area contributed by atoms with E-state index in [2.05, 4.69) is 23.2 Å².